The summed E-state index contributed by atoms with van der Waals surface area (Å²) >= 11 is 1.81. The fourth-order valence-corrected chi connectivity index (χ4v) is 3.40. The van der Waals surface area contributed by atoms with Crippen LogP contribution in [0.5, 0.6) is 5.75 Å². The van der Waals surface area contributed by atoms with Crippen LogP contribution in [0.2, 0.25) is 0 Å². The third kappa shape index (κ3) is 7.59. The quantitative estimate of drug-likeness (QED) is 0.270. The highest BCUT2D eigenvalue weighted by atomic mass is 35.5. The molecule has 2 aromatic rings. The van der Waals surface area contributed by atoms with Gasteiger partial charge in [0.1, 0.15) is 12.4 Å². The third-order valence-corrected chi connectivity index (χ3v) is 5.25. The van der Waals surface area contributed by atoms with E-state index < -0.39 is 0 Å². The number of nitrogens with zero attached hydrogens (tertiary/aromatic N) is 2. The van der Waals surface area contributed by atoms with Gasteiger partial charge in [-0.2, -0.15) is 5.26 Å². The van der Waals surface area contributed by atoms with E-state index >= 15 is 0 Å². The first-order chi connectivity index (χ1) is 13.2. The molecule has 0 saturated heterocycles. The highest BCUT2D eigenvalue weighted by Crippen LogP contribution is 2.23. The molecule has 0 spiro atoms. The lowest BCUT2D eigenvalue weighted by Gasteiger charge is -2.18. The van der Waals surface area contributed by atoms with Crippen LogP contribution in [0, 0.1) is 11.3 Å². The second kappa shape index (κ2) is 13.3. The van der Waals surface area contributed by atoms with E-state index in [1.807, 2.05) is 42.1 Å². The molecule has 0 atom stereocenters. The summed E-state index contributed by atoms with van der Waals surface area (Å²) in [5.41, 5.74) is 2.59. The van der Waals surface area contributed by atoms with E-state index in [9.17, 15) is 5.26 Å². The Morgan fingerprint density at radius 1 is 1.04 bits per heavy atom. The van der Waals surface area contributed by atoms with Crippen LogP contribution < -0.4 is 4.74 Å². The van der Waals surface area contributed by atoms with Gasteiger partial charge in [0.2, 0.25) is 0 Å². The van der Waals surface area contributed by atoms with Crippen molar-refractivity contribution in [3.63, 3.8) is 0 Å². The summed E-state index contributed by atoms with van der Waals surface area (Å²) in [4.78, 5) is 3.58. The largest absolute Gasteiger partial charge is 0.492 e. The molecule has 0 saturated carbocycles. The van der Waals surface area contributed by atoms with Gasteiger partial charge in [0.25, 0.3) is 0 Å². The van der Waals surface area contributed by atoms with Crippen LogP contribution in [0.4, 0.5) is 0 Å². The maximum absolute atomic E-state index is 9.55. The van der Waals surface area contributed by atoms with Gasteiger partial charge in [0.15, 0.2) is 0 Å². The molecule has 0 unspecified atom stereocenters. The number of hydrogen-bond acceptors (Lipinski definition) is 4. The fourth-order valence-electron chi connectivity index (χ4n) is 2.74. The van der Waals surface area contributed by atoms with Crippen molar-refractivity contribution in [3.8, 4) is 11.8 Å². The standard InChI is InChI=1S/C23H28N2OS.ClH/c1-4-25(5-2)15-16-26-22-11-9-20(10-12-22)21(18-24)17-19-7-13-23(14-8-19)27-6-3;/h7-14,17H,4-6,15-16H2,1-3H3;1H/b21-17+;. The van der Waals surface area contributed by atoms with Gasteiger partial charge >= 0.3 is 0 Å². The number of ether oxygens (including phenoxy) is 1. The predicted octanol–water partition coefficient (Wildman–Crippen LogP) is 6.01. The second-order valence-electron chi connectivity index (χ2n) is 6.07. The molecule has 0 aromatic heterocycles. The summed E-state index contributed by atoms with van der Waals surface area (Å²) in [6.07, 6.45) is 1.93. The minimum atomic E-state index is 0. The first-order valence-electron chi connectivity index (χ1n) is 9.50. The van der Waals surface area contributed by atoms with Crippen LogP contribution in [0.1, 0.15) is 31.9 Å². The number of nitriles is 1. The van der Waals surface area contributed by atoms with E-state index in [4.69, 9.17) is 4.74 Å². The van der Waals surface area contributed by atoms with Crippen molar-refractivity contribution in [2.75, 3.05) is 32.0 Å². The molecule has 0 fully saturated rings. The second-order valence-corrected chi connectivity index (χ2v) is 7.41. The molecular weight excluding hydrogens is 388 g/mol. The van der Waals surface area contributed by atoms with Crippen molar-refractivity contribution in [2.24, 2.45) is 0 Å². The zero-order chi connectivity index (χ0) is 19.5. The fraction of sp³-hybridized carbons (Fsp3) is 0.348. The normalized spacial score (nSPS) is 11.0. The maximum atomic E-state index is 9.55. The summed E-state index contributed by atoms with van der Waals surface area (Å²) < 4.78 is 5.82. The van der Waals surface area contributed by atoms with Crippen molar-refractivity contribution in [1.82, 2.24) is 4.90 Å². The highest BCUT2D eigenvalue weighted by molar-refractivity contribution is 7.99. The van der Waals surface area contributed by atoms with Gasteiger partial charge in [-0.05, 0) is 72.4 Å². The SMILES string of the molecule is CCSc1ccc(/C=C(\C#N)c2ccc(OCCN(CC)CC)cc2)cc1.Cl. The van der Waals surface area contributed by atoms with Gasteiger partial charge in [0.05, 0.1) is 11.6 Å². The first kappa shape index (κ1) is 24.1. The smallest absolute Gasteiger partial charge is 0.119 e. The first-order valence-corrected chi connectivity index (χ1v) is 10.5. The van der Waals surface area contributed by atoms with Crippen molar-refractivity contribution in [1.29, 1.82) is 5.26 Å². The summed E-state index contributed by atoms with van der Waals surface area (Å²) in [6, 6.07) is 18.4. The minimum Gasteiger partial charge on any atom is -0.492 e. The van der Waals surface area contributed by atoms with E-state index in [0.717, 1.165) is 42.3 Å². The Labute approximate surface area is 179 Å². The molecule has 2 aromatic carbocycles. The Kier molecular flexibility index (Phi) is 11.4. The number of likely N-dealkylation sites (N-methyl/N-ethyl adjacent to an activating group) is 1. The van der Waals surface area contributed by atoms with E-state index in [-0.39, 0.29) is 12.4 Å². The Morgan fingerprint density at radius 3 is 2.21 bits per heavy atom. The number of thioether (sulfide) groups is 1. The average Bonchev–Trinajstić information content (AvgIpc) is 2.71. The van der Waals surface area contributed by atoms with Gasteiger partial charge in [-0.15, -0.1) is 24.2 Å². The molecule has 2 rings (SSSR count). The highest BCUT2D eigenvalue weighted by Gasteiger charge is 2.04. The van der Waals surface area contributed by atoms with Crippen LogP contribution in [0.15, 0.2) is 53.4 Å². The minimum absolute atomic E-state index is 0. The molecule has 5 heteroatoms. The predicted molar refractivity (Wildman–Crippen MR) is 123 cm³/mol. The molecule has 28 heavy (non-hydrogen) atoms. The van der Waals surface area contributed by atoms with Crippen LogP contribution in [0.25, 0.3) is 11.6 Å². The molecular formula is C23H29ClN2OS. The van der Waals surface area contributed by atoms with Crippen molar-refractivity contribution < 1.29 is 4.74 Å². The Hall–Kier alpha value is -1.93. The van der Waals surface area contributed by atoms with Crippen molar-refractivity contribution in [3.05, 3.63) is 59.7 Å². The molecule has 0 aliphatic heterocycles. The Bertz CT molecular complexity index is 763. The van der Waals surface area contributed by atoms with E-state index in [1.165, 1.54) is 4.90 Å². The van der Waals surface area contributed by atoms with E-state index in [1.54, 1.807) is 0 Å². The van der Waals surface area contributed by atoms with E-state index in [0.29, 0.717) is 12.2 Å². The summed E-state index contributed by atoms with van der Waals surface area (Å²) in [6.45, 7) is 10.1. The lowest BCUT2D eigenvalue weighted by Crippen LogP contribution is -2.27. The van der Waals surface area contributed by atoms with Gasteiger partial charge in [-0.1, -0.05) is 32.9 Å². The summed E-state index contributed by atoms with van der Waals surface area (Å²) in [5, 5.41) is 9.55. The Morgan fingerprint density at radius 2 is 1.68 bits per heavy atom. The summed E-state index contributed by atoms with van der Waals surface area (Å²) in [7, 11) is 0. The van der Waals surface area contributed by atoms with Crippen LogP contribution >= 0.6 is 24.2 Å². The topological polar surface area (TPSA) is 36.3 Å². The number of benzene rings is 2. The average molecular weight is 417 g/mol. The van der Waals surface area contributed by atoms with Crippen molar-refractivity contribution in [2.45, 2.75) is 25.7 Å². The van der Waals surface area contributed by atoms with Gasteiger partial charge in [-0.3, -0.25) is 0 Å². The van der Waals surface area contributed by atoms with Crippen LogP contribution in [-0.2, 0) is 0 Å². The Balaban J connectivity index is 0.00000392. The van der Waals surface area contributed by atoms with E-state index in [2.05, 4.69) is 56.0 Å². The molecule has 0 N–H and O–H groups in total. The van der Waals surface area contributed by atoms with Gasteiger partial charge in [-0.25, -0.2) is 0 Å². The molecule has 0 amide bonds. The van der Waals surface area contributed by atoms with Crippen LogP contribution in [0.3, 0.4) is 0 Å². The summed E-state index contributed by atoms with van der Waals surface area (Å²) in [5.74, 6) is 1.89. The van der Waals surface area contributed by atoms with Gasteiger partial charge < -0.3 is 9.64 Å². The molecule has 0 heterocycles. The molecule has 0 radical (unpaired) electrons. The zero-order valence-electron chi connectivity index (χ0n) is 16.9. The lowest BCUT2D eigenvalue weighted by molar-refractivity contribution is 0.223. The monoisotopic (exact) mass is 416 g/mol. The molecule has 0 aliphatic rings. The molecule has 0 bridgehead atoms. The van der Waals surface area contributed by atoms with Gasteiger partial charge in [0, 0.05) is 11.4 Å². The molecule has 150 valence electrons. The third-order valence-electron chi connectivity index (χ3n) is 4.36. The number of hydrogen-bond donors (Lipinski definition) is 0. The molecule has 0 aliphatic carbocycles. The van der Waals surface area contributed by atoms with Crippen LogP contribution in [-0.4, -0.2) is 36.9 Å². The van der Waals surface area contributed by atoms with Crippen molar-refractivity contribution >= 4 is 35.8 Å². The number of halogens is 1. The number of rotatable bonds is 10. The lowest BCUT2D eigenvalue weighted by atomic mass is 10.0. The maximum Gasteiger partial charge on any atom is 0.119 e. The number of allylic oxidation sites excluding steroid dienone is 1. The zero-order valence-corrected chi connectivity index (χ0v) is 18.5. The molecule has 3 nitrogen and oxygen atoms in total.